The predicted octanol–water partition coefficient (Wildman–Crippen LogP) is 5.77. The smallest absolute Gasteiger partial charge is 0.261 e. The van der Waals surface area contributed by atoms with Gasteiger partial charge in [-0.3, -0.25) is 4.79 Å². The third-order valence-electron chi connectivity index (χ3n) is 5.36. The zero-order chi connectivity index (χ0) is 21.4. The lowest BCUT2D eigenvalue weighted by Crippen LogP contribution is -2.31. The zero-order valence-electron chi connectivity index (χ0n) is 16.5. The molecule has 0 fully saturated rings. The lowest BCUT2D eigenvalue weighted by atomic mass is 9.96. The monoisotopic (exact) mass is 430 g/mol. The average molecular weight is 431 g/mol. The first-order valence-electron chi connectivity index (χ1n) is 9.59. The van der Waals surface area contributed by atoms with Crippen LogP contribution >= 0.6 is 11.6 Å². The number of benzene rings is 2. The van der Waals surface area contributed by atoms with Crippen molar-refractivity contribution in [1.29, 1.82) is 0 Å². The second-order valence-corrected chi connectivity index (χ2v) is 7.95. The van der Waals surface area contributed by atoms with Gasteiger partial charge in [-0.25, -0.2) is 13.5 Å². The molecule has 3 aromatic rings. The zero-order valence-corrected chi connectivity index (χ0v) is 17.3. The van der Waals surface area contributed by atoms with Crippen molar-refractivity contribution >= 4 is 29.0 Å². The summed E-state index contributed by atoms with van der Waals surface area (Å²) >= 11 is 6.03. The van der Waals surface area contributed by atoms with Gasteiger partial charge in [-0.2, -0.15) is 5.10 Å². The van der Waals surface area contributed by atoms with E-state index in [4.69, 9.17) is 11.6 Å². The van der Waals surface area contributed by atoms with Gasteiger partial charge in [-0.15, -0.1) is 0 Å². The molecule has 0 saturated carbocycles. The maximum absolute atomic E-state index is 13.8. The third-order valence-corrected chi connectivity index (χ3v) is 5.60. The summed E-state index contributed by atoms with van der Waals surface area (Å²) in [5.41, 5.74) is 3.57. The van der Waals surface area contributed by atoms with Crippen molar-refractivity contribution in [3.8, 4) is 0 Å². The Morgan fingerprint density at radius 3 is 2.67 bits per heavy atom. The van der Waals surface area contributed by atoms with Crippen molar-refractivity contribution in [2.75, 3.05) is 10.6 Å². The van der Waals surface area contributed by atoms with E-state index >= 15 is 0 Å². The van der Waals surface area contributed by atoms with Crippen LogP contribution in [-0.2, 0) is 0 Å². The standard InChI is InChI=1S/C22H21ClF2N4O/c1-12-3-6-14(7-4-12)18-10-19(20(24)25)29-21(27-18)16(11-26-29)22(30)28-17-9-15(23)8-5-13(17)2/h3-9,11,18-20,27H,10H2,1-2H3,(H,28,30)/t18-,19+/m0/s1. The molecule has 1 aliphatic heterocycles. The number of hydrogen-bond donors (Lipinski definition) is 2. The number of alkyl halides is 2. The summed E-state index contributed by atoms with van der Waals surface area (Å²) in [6.45, 7) is 3.81. The fraction of sp³-hybridized carbons (Fsp3) is 0.273. The molecule has 2 aromatic carbocycles. The predicted molar refractivity (Wildman–Crippen MR) is 114 cm³/mol. The Bertz CT molecular complexity index is 1080. The number of aromatic nitrogens is 2. The molecule has 156 valence electrons. The fourth-order valence-electron chi connectivity index (χ4n) is 3.64. The van der Waals surface area contributed by atoms with Gasteiger partial charge < -0.3 is 10.6 Å². The molecule has 8 heteroatoms. The van der Waals surface area contributed by atoms with E-state index in [2.05, 4.69) is 15.7 Å². The minimum Gasteiger partial charge on any atom is -0.363 e. The first-order chi connectivity index (χ1) is 14.3. The topological polar surface area (TPSA) is 59.0 Å². The summed E-state index contributed by atoms with van der Waals surface area (Å²) in [6.07, 6.45) is -1.11. The van der Waals surface area contributed by atoms with Crippen LogP contribution in [0.3, 0.4) is 0 Å². The molecule has 0 aliphatic carbocycles. The van der Waals surface area contributed by atoms with Gasteiger partial charge in [0, 0.05) is 10.7 Å². The van der Waals surface area contributed by atoms with E-state index in [1.807, 2.05) is 38.1 Å². The molecule has 30 heavy (non-hydrogen) atoms. The molecule has 0 saturated heterocycles. The largest absolute Gasteiger partial charge is 0.363 e. The number of nitrogens with zero attached hydrogens (tertiary/aromatic N) is 2. The number of anilines is 2. The maximum atomic E-state index is 13.8. The van der Waals surface area contributed by atoms with Crippen LogP contribution < -0.4 is 10.6 Å². The van der Waals surface area contributed by atoms with Gasteiger partial charge >= 0.3 is 0 Å². The summed E-state index contributed by atoms with van der Waals surface area (Å²) in [6, 6.07) is 11.4. The van der Waals surface area contributed by atoms with Gasteiger partial charge in [0.2, 0.25) is 0 Å². The van der Waals surface area contributed by atoms with Crippen molar-refractivity contribution in [3.63, 3.8) is 0 Å². The minimum absolute atomic E-state index is 0.171. The van der Waals surface area contributed by atoms with E-state index in [0.717, 1.165) is 16.7 Å². The van der Waals surface area contributed by atoms with Crippen molar-refractivity contribution in [2.45, 2.75) is 38.8 Å². The number of amides is 1. The number of fused-ring (bicyclic) bond motifs is 1. The Hall–Kier alpha value is -2.93. The molecule has 0 bridgehead atoms. The molecule has 1 aliphatic rings. The van der Waals surface area contributed by atoms with E-state index in [1.165, 1.54) is 10.9 Å². The molecule has 2 atom stereocenters. The van der Waals surface area contributed by atoms with Gasteiger partial charge in [0.1, 0.15) is 17.4 Å². The Morgan fingerprint density at radius 2 is 1.97 bits per heavy atom. The molecule has 5 nitrogen and oxygen atoms in total. The quantitative estimate of drug-likeness (QED) is 0.552. The number of aryl methyl sites for hydroxylation is 2. The molecule has 4 rings (SSSR count). The number of hydrogen-bond acceptors (Lipinski definition) is 3. The number of halogens is 3. The van der Waals surface area contributed by atoms with E-state index in [0.29, 0.717) is 10.7 Å². The Labute approximate surface area is 178 Å². The third kappa shape index (κ3) is 3.89. The molecule has 0 radical (unpaired) electrons. The number of carbonyl (C=O) groups is 1. The van der Waals surface area contributed by atoms with Crippen LogP contribution in [0, 0.1) is 13.8 Å². The van der Waals surface area contributed by atoms with E-state index in [-0.39, 0.29) is 23.8 Å². The Morgan fingerprint density at radius 1 is 1.23 bits per heavy atom. The van der Waals surface area contributed by atoms with E-state index in [9.17, 15) is 13.6 Å². The normalized spacial score (nSPS) is 18.1. The summed E-state index contributed by atoms with van der Waals surface area (Å²) < 4.78 is 28.8. The van der Waals surface area contributed by atoms with Gasteiger partial charge in [-0.1, -0.05) is 47.5 Å². The highest BCUT2D eigenvalue weighted by molar-refractivity contribution is 6.31. The van der Waals surface area contributed by atoms with Gasteiger partial charge in [-0.05, 0) is 43.5 Å². The van der Waals surface area contributed by atoms with Gasteiger partial charge in [0.25, 0.3) is 12.3 Å². The van der Waals surface area contributed by atoms with Crippen LogP contribution in [0.15, 0.2) is 48.7 Å². The van der Waals surface area contributed by atoms with Gasteiger partial charge in [0.05, 0.1) is 12.2 Å². The summed E-state index contributed by atoms with van der Waals surface area (Å²) in [7, 11) is 0. The lowest BCUT2D eigenvalue weighted by molar-refractivity contribution is 0.0657. The molecule has 1 aromatic heterocycles. The highest BCUT2D eigenvalue weighted by Crippen LogP contribution is 2.39. The van der Waals surface area contributed by atoms with Crippen LogP contribution in [0.25, 0.3) is 0 Å². The Kier molecular flexibility index (Phi) is 5.47. The first-order valence-corrected chi connectivity index (χ1v) is 9.97. The van der Waals surface area contributed by atoms with Crippen molar-refractivity contribution in [1.82, 2.24) is 9.78 Å². The SMILES string of the molecule is Cc1ccc([C@@H]2C[C@H](C(F)F)n3ncc(C(=O)Nc4cc(Cl)ccc4C)c3N2)cc1. The second-order valence-electron chi connectivity index (χ2n) is 7.51. The van der Waals surface area contributed by atoms with Crippen LogP contribution in [0.2, 0.25) is 5.02 Å². The lowest BCUT2D eigenvalue weighted by Gasteiger charge is -2.32. The van der Waals surface area contributed by atoms with Crippen molar-refractivity contribution < 1.29 is 13.6 Å². The van der Waals surface area contributed by atoms with Crippen molar-refractivity contribution in [3.05, 3.63) is 75.9 Å². The number of carbonyl (C=O) groups excluding carboxylic acids is 1. The minimum atomic E-state index is -2.61. The number of nitrogens with one attached hydrogen (secondary N) is 2. The van der Waals surface area contributed by atoms with Crippen LogP contribution in [0.1, 0.15) is 45.6 Å². The number of rotatable bonds is 4. The maximum Gasteiger partial charge on any atom is 0.261 e. The molecule has 1 amide bonds. The van der Waals surface area contributed by atoms with E-state index in [1.54, 1.807) is 18.2 Å². The van der Waals surface area contributed by atoms with E-state index < -0.39 is 18.4 Å². The van der Waals surface area contributed by atoms with Crippen LogP contribution in [-0.4, -0.2) is 22.1 Å². The summed E-state index contributed by atoms with van der Waals surface area (Å²) in [4.78, 5) is 12.9. The van der Waals surface area contributed by atoms with Crippen LogP contribution in [0.4, 0.5) is 20.3 Å². The summed E-state index contributed by atoms with van der Waals surface area (Å²) in [5, 5.41) is 10.6. The molecular weight excluding hydrogens is 410 g/mol. The van der Waals surface area contributed by atoms with Crippen molar-refractivity contribution in [2.24, 2.45) is 0 Å². The van der Waals surface area contributed by atoms with Gasteiger partial charge in [0.15, 0.2) is 0 Å². The molecular formula is C22H21ClF2N4O. The van der Waals surface area contributed by atoms with Crippen LogP contribution in [0.5, 0.6) is 0 Å². The average Bonchev–Trinajstić information content (AvgIpc) is 3.14. The second kappa shape index (κ2) is 8.07. The molecule has 0 unspecified atom stereocenters. The Balaban J connectivity index is 1.67. The highest BCUT2D eigenvalue weighted by Gasteiger charge is 2.36. The summed E-state index contributed by atoms with van der Waals surface area (Å²) in [5.74, 6) is -0.152. The highest BCUT2D eigenvalue weighted by atomic mass is 35.5. The fourth-order valence-corrected chi connectivity index (χ4v) is 3.81. The molecule has 2 N–H and O–H groups in total. The molecule has 0 spiro atoms. The molecule has 2 heterocycles. The first kappa shape index (κ1) is 20.3.